The van der Waals surface area contributed by atoms with Gasteiger partial charge in [0, 0.05) is 23.7 Å². The summed E-state index contributed by atoms with van der Waals surface area (Å²) in [6.45, 7) is 0.928. The van der Waals surface area contributed by atoms with Gasteiger partial charge in [0.15, 0.2) is 0 Å². The van der Waals surface area contributed by atoms with Crippen LogP contribution >= 0.6 is 11.6 Å². The van der Waals surface area contributed by atoms with Crippen LogP contribution in [0.5, 0.6) is 0 Å². The van der Waals surface area contributed by atoms with Gasteiger partial charge in [0.1, 0.15) is 0 Å². The van der Waals surface area contributed by atoms with Crippen LogP contribution in [0, 0.1) is 5.92 Å². The van der Waals surface area contributed by atoms with E-state index in [-0.39, 0.29) is 17.7 Å². The molecule has 0 saturated carbocycles. The van der Waals surface area contributed by atoms with Gasteiger partial charge in [-0.25, -0.2) is 4.79 Å². The third-order valence-electron chi connectivity index (χ3n) is 4.76. The molecule has 1 aliphatic heterocycles. The zero-order valence-corrected chi connectivity index (χ0v) is 16.2. The van der Waals surface area contributed by atoms with Gasteiger partial charge < -0.3 is 15.0 Å². The summed E-state index contributed by atoms with van der Waals surface area (Å²) in [5.74, 6) is -1.20. The summed E-state index contributed by atoms with van der Waals surface area (Å²) in [5, 5.41) is 3.37. The van der Waals surface area contributed by atoms with Crippen molar-refractivity contribution >= 4 is 35.1 Å². The molecule has 0 bridgehead atoms. The van der Waals surface area contributed by atoms with Crippen molar-refractivity contribution in [1.29, 1.82) is 0 Å². The first-order chi connectivity index (χ1) is 13.5. The quantitative estimate of drug-likeness (QED) is 0.795. The molecule has 1 fully saturated rings. The molecule has 1 N–H and O–H groups in total. The molecule has 2 amide bonds. The Kier molecular flexibility index (Phi) is 6.31. The number of piperidine rings is 1. The van der Waals surface area contributed by atoms with Gasteiger partial charge in [-0.2, -0.15) is 0 Å². The number of anilines is 1. The summed E-state index contributed by atoms with van der Waals surface area (Å²) >= 11 is 5.88. The number of carbonyl (C=O) groups excluding carboxylic acids is 3. The molecule has 2 aromatic carbocycles. The molecule has 2 aromatic rings. The number of ether oxygens (including phenoxy) is 1. The van der Waals surface area contributed by atoms with Crippen molar-refractivity contribution in [3.05, 3.63) is 64.7 Å². The van der Waals surface area contributed by atoms with Crippen LogP contribution in [-0.2, 0) is 9.53 Å². The molecule has 1 saturated heterocycles. The van der Waals surface area contributed by atoms with Gasteiger partial charge in [0.2, 0.25) is 5.91 Å². The number of rotatable bonds is 4. The number of methoxy groups -OCH3 is 1. The number of esters is 1. The maximum Gasteiger partial charge on any atom is 0.339 e. The number of benzene rings is 2. The van der Waals surface area contributed by atoms with Gasteiger partial charge in [0.05, 0.1) is 24.3 Å². The highest BCUT2D eigenvalue weighted by Gasteiger charge is 2.29. The number of halogens is 1. The lowest BCUT2D eigenvalue weighted by Gasteiger charge is -2.32. The number of hydrogen-bond acceptors (Lipinski definition) is 4. The summed E-state index contributed by atoms with van der Waals surface area (Å²) in [4.78, 5) is 39.0. The third-order valence-corrected chi connectivity index (χ3v) is 5.01. The van der Waals surface area contributed by atoms with Crippen LogP contribution in [0.4, 0.5) is 5.69 Å². The van der Waals surface area contributed by atoms with E-state index < -0.39 is 5.97 Å². The van der Waals surface area contributed by atoms with Gasteiger partial charge in [-0.3, -0.25) is 9.59 Å². The number of para-hydroxylation sites is 1. The molecule has 7 heteroatoms. The first-order valence-corrected chi connectivity index (χ1v) is 9.40. The molecule has 1 unspecified atom stereocenters. The van der Waals surface area contributed by atoms with Gasteiger partial charge in [-0.15, -0.1) is 0 Å². The van der Waals surface area contributed by atoms with E-state index in [1.165, 1.54) is 7.11 Å². The fourth-order valence-electron chi connectivity index (χ4n) is 3.27. The molecule has 6 nitrogen and oxygen atoms in total. The fraction of sp³-hybridized carbons (Fsp3) is 0.286. The standard InChI is InChI=1S/C21H21ClN2O4/c1-28-21(27)17-6-2-3-7-18(17)23-19(25)15-5-4-12-24(13-15)20(26)14-8-10-16(22)11-9-14/h2-3,6-11,15H,4-5,12-13H2,1H3,(H,23,25). The Morgan fingerprint density at radius 2 is 1.82 bits per heavy atom. The van der Waals surface area contributed by atoms with Crippen molar-refractivity contribution in [3.8, 4) is 0 Å². The minimum atomic E-state index is -0.515. The van der Waals surface area contributed by atoms with E-state index in [0.29, 0.717) is 41.3 Å². The Balaban J connectivity index is 1.69. The van der Waals surface area contributed by atoms with Gasteiger partial charge in [-0.1, -0.05) is 23.7 Å². The Morgan fingerprint density at radius 1 is 1.11 bits per heavy atom. The van der Waals surface area contributed by atoms with Crippen LogP contribution in [-0.4, -0.2) is 42.9 Å². The number of likely N-dealkylation sites (tertiary alicyclic amines) is 1. The SMILES string of the molecule is COC(=O)c1ccccc1NC(=O)C1CCCN(C(=O)c2ccc(Cl)cc2)C1. The largest absolute Gasteiger partial charge is 0.465 e. The average Bonchev–Trinajstić information content (AvgIpc) is 2.73. The molecule has 28 heavy (non-hydrogen) atoms. The van der Waals surface area contributed by atoms with Crippen LogP contribution in [0.1, 0.15) is 33.6 Å². The lowest BCUT2D eigenvalue weighted by Crippen LogP contribution is -2.43. The van der Waals surface area contributed by atoms with Crippen molar-refractivity contribution in [1.82, 2.24) is 4.90 Å². The first-order valence-electron chi connectivity index (χ1n) is 9.02. The monoisotopic (exact) mass is 400 g/mol. The van der Waals surface area contributed by atoms with E-state index in [1.54, 1.807) is 53.4 Å². The normalized spacial score (nSPS) is 16.4. The second kappa shape index (κ2) is 8.89. The van der Waals surface area contributed by atoms with E-state index in [1.807, 2.05) is 0 Å². The minimum Gasteiger partial charge on any atom is -0.465 e. The number of hydrogen-bond donors (Lipinski definition) is 1. The number of nitrogens with zero attached hydrogens (tertiary/aromatic N) is 1. The highest BCUT2D eigenvalue weighted by Crippen LogP contribution is 2.23. The molecular formula is C21H21ClN2O4. The minimum absolute atomic E-state index is 0.121. The Labute approximate surface area is 168 Å². The topological polar surface area (TPSA) is 75.7 Å². The Morgan fingerprint density at radius 3 is 2.54 bits per heavy atom. The fourth-order valence-corrected chi connectivity index (χ4v) is 3.39. The highest BCUT2D eigenvalue weighted by atomic mass is 35.5. The molecule has 3 rings (SSSR count). The van der Waals surface area contributed by atoms with Gasteiger partial charge in [-0.05, 0) is 49.2 Å². The number of nitrogens with one attached hydrogen (secondary N) is 1. The van der Waals surface area contributed by atoms with Crippen molar-refractivity contribution in [2.45, 2.75) is 12.8 Å². The van der Waals surface area contributed by atoms with E-state index in [2.05, 4.69) is 5.32 Å². The number of carbonyl (C=O) groups is 3. The second-order valence-electron chi connectivity index (χ2n) is 6.62. The zero-order chi connectivity index (χ0) is 20.1. The average molecular weight is 401 g/mol. The van der Waals surface area contributed by atoms with Crippen LogP contribution in [0.15, 0.2) is 48.5 Å². The Bertz CT molecular complexity index is 882. The van der Waals surface area contributed by atoms with Crippen LogP contribution in [0.25, 0.3) is 0 Å². The van der Waals surface area contributed by atoms with Crippen LogP contribution in [0.3, 0.4) is 0 Å². The van der Waals surface area contributed by atoms with Crippen LogP contribution < -0.4 is 5.32 Å². The molecule has 0 aromatic heterocycles. The van der Waals surface area contributed by atoms with Crippen molar-refractivity contribution in [3.63, 3.8) is 0 Å². The zero-order valence-electron chi connectivity index (χ0n) is 15.5. The summed E-state index contributed by atoms with van der Waals surface area (Å²) in [6, 6.07) is 13.4. The lowest BCUT2D eigenvalue weighted by molar-refractivity contribution is -0.121. The molecule has 1 atom stereocenters. The van der Waals surface area contributed by atoms with Gasteiger partial charge in [0.25, 0.3) is 5.91 Å². The van der Waals surface area contributed by atoms with Crippen molar-refractivity contribution in [2.75, 3.05) is 25.5 Å². The third kappa shape index (κ3) is 4.51. The molecule has 0 radical (unpaired) electrons. The molecule has 0 spiro atoms. The molecule has 1 heterocycles. The molecule has 146 valence electrons. The van der Waals surface area contributed by atoms with Crippen LogP contribution in [0.2, 0.25) is 5.02 Å². The summed E-state index contributed by atoms with van der Waals surface area (Å²) in [7, 11) is 1.29. The molecular weight excluding hydrogens is 380 g/mol. The summed E-state index contributed by atoms with van der Waals surface area (Å²) in [6.07, 6.45) is 1.41. The van der Waals surface area contributed by atoms with E-state index >= 15 is 0 Å². The maximum absolute atomic E-state index is 12.8. The second-order valence-corrected chi connectivity index (χ2v) is 7.06. The molecule has 0 aliphatic carbocycles. The predicted octanol–water partition coefficient (Wildman–Crippen LogP) is 3.62. The van der Waals surface area contributed by atoms with E-state index in [9.17, 15) is 14.4 Å². The summed E-state index contributed by atoms with van der Waals surface area (Å²) < 4.78 is 4.76. The first kappa shape index (κ1) is 19.9. The Hall–Kier alpha value is -2.86. The maximum atomic E-state index is 12.8. The highest BCUT2D eigenvalue weighted by molar-refractivity contribution is 6.30. The van der Waals surface area contributed by atoms with E-state index in [4.69, 9.17) is 16.3 Å². The van der Waals surface area contributed by atoms with Gasteiger partial charge >= 0.3 is 5.97 Å². The van der Waals surface area contributed by atoms with Crippen molar-refractivity contribution < 1.29 is 19.1 Å². The number of amides is 2. The van der Waals surface area contributed by atoms with Crippen molar-refractivity contribution in [2.24, 2.45) is 5.92 Å². The molecule has 1 aliphatic rings. The van der Waals surface area contributed by atoms with E-state index in [0.717, 1.165) is 6.42 Å². The predicted molar refractivity (Wildman–Crippen MR) is 106 cm³/mol. The smallest absolute Gasteiger partial charge is 0.339 e. The lowest BCUT2D eigenvalue weighted by atomic mass is 9.96. The summed E-state index contributed by atoms with van der Waals surface area (Å²) in [5.41, 5.74) is 1.24.